The van der Waals surface area contributed by atoms with Gasteiger partial charge >= 0.3 is 0 Å². The highest BCUT2D eigenvalue weighted by atomic mass is 32.1. The van der Waals surface area contributed by atoms with Gasteiger partial charge in [0.1, 0.15) is 5.75 Å². The summed E-state index contributed by atoms with van der Waals surface area (Å²) in [5, 5.41) is 0. The molecule has 1 aromatic rings. The molecule has 1 nitrogen and oxygen atoms in total. The van der Waals surface area contributed by atoms with Crippen LogP contribution in [0.3, 0.4) is 0 Å². The predicted molar refractivity (Wildman–Crippen MR) is 83.2 cm³/mol. The van der Waals surface area contributed by atoms with Crippen LogP contribution in [-0.4, -0.2) is 12.4 Å². The van der Waals surface area contributed by atoms with Gasteiger partial charge in [-0.25, -0.2) is 0 Å². The van der Waals surface area contributed by atoms with Crippen LogP contribution in [-0.2, 0) is 5.41 Å². The first-order valence-electron chi connectivity index (χ1n) is 6.78. The lowest BCUT2D eigenvalue weighted by Gasteiger charge is -2.23. The highest BCUT2D eigenvalue weighted by Gasteiger charge is 2.18. The normalized spacial score (nSPS) is 13.4. The fourth-order valence-corrected chi connectivity index (χ4v) is 2.42. The van der Waals surface area contributed by atoms with E-state index in [1.807, 2.05) is 6.92 Å². The van der Waals surface area contributed by atoms with Gasteiger partial charge in [0.15, 0.2) is 0 Å². The zero-order valence-electron chi connectivity index (χ0n) is 12.3. The van der Waals surface area contributed by atoms with Gasteiger partial charge in [0.05, 0.1) is 6.61 Å². The monoisotopic (exact) mass is 266 g/mol. The summed E-state index contributed by atoms with van der Waals surface area (Å²) in [5.41, 5.74) is 2.87. The summed E-state index contributed by atoms with van der Waals surface area (Å²) in [6.07, 6.45) is 1.08. The van der Waals surface area contributed by atoms with Gasteiger partial charge in [-0.1, -0.05) is 39.8 Å². The van der Waals surface area contributed by atoms with Crippen LogP contribution in [0.25, 0.3) is 0 Å². The van der Waals surface area contributed by atoms with Gasteiger partial charge < -0.3 is 4.74 Å². The third-order valence-corrected chi connectivity index (χ3v) is 3.53. The lowest BCUT2D eigenvalue weighted by Crippen LogP contribution is -2.12. The Morgan fingerprint density at radius 2 is 1.94 bits per heavy atom. The van der Waals surface area contributed by atoms with E-state index in [1.165, 1.54) is 11.1 Å². The van der Waals surface area contributed by atoms with Crippen LogP contribution in [0.2, 0.25) is 0 Å². The minimum atomic E-state index is 0.181. The smallest absolute Gasteiger partial charge is 0.122 e. The molecule has 1 rings (SSSR count). The summed E-state index contributed by atoms with van der Waals surface area (Å²) in [4.78, 5) is 0. The van der Waals surface area contributed by atoms with Gasteiger partial charge in [0.25, 0.3) is 0 Å². The second-order valence-corrected chi connectivity index (χ2v) is 6.30. The maximum absolute atomic E-state index is 5.75. The molecule has 0 aromatic heterocycles. The molecule has 0 spiro atoms. The minimum absolute atomic E-state index is 0.181. The second kappa shape index (κ2) is 6.51. The van der Waals surface area contributed by atoms with Crippen molar-refractivity contribution in [2.75, 3.05) is 12.4 Å². The number of thiol groups is 1. The Labute approximate surface area is 117 Å². The molecule has 0 amide bonds. The standard InChI is InChI=1S/C16H26OS/c1-6-17-15-8-7-13(16(3,4)5)11-14(15)12(2)9-10-18/h7-8,11-12,18H,6,9-10H2,1-5H3. The van der Waals surface area contributed by atoms with Crippen molar-refractivity contribution in [2.45, 2.75) is 52.4 Å². The summed E-state index contributed by atoms with van der Waals surface area (Å²) in [6, 6.07) is 6.61. The molecule has 18 heavy (non-hydrogen) atoms. The van der Waals surface area contributed by atoms with E-state index in [9.17, 15) is 0 Å². The van der Waals surface area contributed by atoms with Crippen LogP contribution in [0.4, 0.5) is 0 Å². The maximum Gasteiger partial charge on any atom is 0.122 e. The topological polar surface area (TPSA) is 9.23 Å². The highest BCUT2D eigenvalue weighted by molar-refractivity contribution is 7.80. The van der Waals surface area contributed by atoms with Crippen molar-refractivity contribution < 1.29 is 4.74 Å². The zero-order valence-corrected chi connectivity index (χ0v) is 13.2. The van der Waals surface area contributed by atoms with Gasteiger partial charge in [-0.05, 0) is 47.6 Å². The molecule has 0 saturated heterocycles. The number of benzene rings is 1. The number of hydrogen-bond acceptors (Lipinski definition) is 2. The Balaban J connectivity index is 3.15. The molecule has 1 aromatic carbocycles. The van der Waals surface area contributed by atoms with Crippen LogP contribution in [0.1, 0.15) is 58.1 Å². The molecule has 0 N–H and O–H groups in total. The largest absolute Gasteiger partial charge is 0.494 e. The van der Waals surface area contributed by atoms with E-state index in [4.69, 9.17) is 4.74 Å². The van der Waals surface area contributed by atoms with Gasteiger partial charge in [-0.2, -0.15) is 12.6 Å². The Bertz CT molecular complexity index is 379. The second-order valence-electron chi connectivity index (χ2n) is 5.85. The van der Waals surface area contributed by atoms with E-state index >= 15 is 0 Å². The van der Waals surface area contributed by atoms with E-state index in [0.29, 0.717) is 5.92 Å². The summed E-state index contributed by atoms with van der Waals surface area (Å²) >= 11 is 4.34. The average molecular weight is 266 g/mol. The van der Waals surface area contributed by atoms with Gasteiger partial charge in [0, 0.05) is 0 Å². The molecule has 1 unspecified atom stereocenters. The molecule has 0 aliphatic heterocycles. The molecule has 0 aliphatic carbocycles. The third kappa shape index (κ3) is 3.94. The first-order valence-corrected chi connectivity index (χ1v) is 7.41. The maximum atomic E-state index is 5.75. The summed E-state index contributed by atoms with van der Waals surface area (Å²) in [7, 11) is 0. The van der Waals surface area contributed by atoms with Crippen molar-refractivity contribution in [2.24, 2.45) is 0 Å². The van der Waals surface area contributed by atoms with Crippen molar-refractivity contribution >= 4 is 12.6 Å². The SMILES string of the molecule is CCOc1ccc(C(C)(C)C)cc1C(C)CCS. The Hall–Kier alpha value is -0.630. The van der Waals surface area contributed by atoms with E-state index in [0.717, 1.165) is 24.5 Å². The fraction of sp³-hybridized carbons (Fsp3) is 0.625. The first-order chi connectivity index (χ1) is 8.40. The molecule has 2 heteroatoms. The van der Waals surface area contributed by atoms with Gasteiger partial charge in [-0.3, -0.25) is 0 Å². The van der Waals surface area contributed by atoms with Gasteiger partial charge in [0.2, 0.25) is 0 Å². The number of rotatable bonds is 5. The Morgan fingerprint density at radius 3 is 2.44 bits per heavy atom. The molecule has 0 saturated carbocycles. The van der Waals surface area contributed by atoms with Crippen LogP contribution >= 0.6 is 12.6 Å². The molecule has 1 atom stereocenters. The first kappa shape index (κ1) is 15.4. The quantitative estimate of drug-likeness (QED) is 0.753. The van der Waals surface area contributed by atoms with E-state index < -0.39 is 0 Å². The average Bonchev–Trinajstić information content (AvgIpc) is 2.28. The van der Waals surface area contributed by atoms with Crippen LogP contribution in [0.5, 0.6) is 5.75 Å². The number of hydrogen-bond donors (Lipinski definition) is 1. The summed E-state index contributed by atoms with van der Waals surface area (Å²) in [5.74, 6) is 2.43. The van der Waals surface area contributed by atoms with Crippen LogP contribution in [0.15, 0.2) is 18.2 Å². The summed E-state index contributed by atoms with van der Waals surface area (Å²) in [6.45, 7) is 11.7. The third-order valence-electron chi connectivity index (χ3n) is 3.27. The Kier molecular flexibility index (Phi) is 5.58. The van der Waals surface area contributed by atoms with Gasteiger partial charge in [-0.15, -0.1) is 0 Å². The lowest BCUT2D eigenvalue weighted by atomic mass is 9.84. The molecule has 0 bridgehead atoms. The predicted octanol–water partition coefficient (Wildman–Crippen LogP) is 4.81. The zero-order chi connectivity index (χ0) is 13.8. The van der Waals surface area contributed by atoms with E-state index in [-0.39, 0.29) is 5.41 Å². The summed E-state index contributed by atoms with van der Waals surface area (Å²) < 4.78 is 5.75. The van der Waals surface area contributed by atoms with E-state index in [2.05, 4.69) is 58.5 Å². The Morgan fingerprint density at radius 1 is 1.28 bits per heavy atom. The van der Waals surface area contributed by atoms with Crippen molar-refractivity contribution in [1.82, 2.24) is 0 Å². The molecule has 102 valence electrons. The van der Waals surface area contributed by atoms with Crippen molar-refractivity contribution in [3.63, 3.8) is 0 Å². The fourth-order valence-electron chi connectivity index (χ4n) is 2.04. The molecule has 0 fully saturated rings. The van der Waals surface area contributed by atoms with Crippen LogP contribution in [0, 0.1) is 0 Å². The number of ether oxygens (including phenoxy) is 1. The molecule has 0 aliphatic rings. The van der Waals surface area contributed by atoms with Crippen molar-refractivity contribution in [1.29, 1.82) is 0 Å². The van der Waals surface area contributed by atoms with Crippen molar-refractivity contribution in [3.8, 4) is 5.75 Å². The molecular weight excluding hydrogens is 240 g/mol. The minimum Gasteiger partial charge on any atom is -0.494 e. The lowest BCUT2D eigenvalue weighted by molar-refractivity contribution is 0.334. The van der Waals surface area contributed by atoms with Crippen molar-refractivity contribution in [3.05, 3.63) is 29.3 Å². The van der Waals surface area contributed by atoms with Crippen LogP contribution < -0.4 is 4.74 Å². The highest BCUT2D eigenvalue weighted by Crippen LogP contribution is 2.33. The van der Waals surface area contributed by atoms with E-state index in [1.54, 1.807) is 0 Å². The molecule has 0 radical (unpaired) electrons. The molecule has 0 heterocycles. The molecular formula is C16H26OS.